The fourth-order valence-electron chi connectivity index (χ4n) is 4.82. The number of oxazole rings is 1. The van der Waals surface area contributed by atoms with E-state index in [0.29, 0.717) is 12.1 Å². The summed E-state index contributed by atoms with van der Waals surface area (Å²) in [6.45, 7) is 3.26. The van der Waals surface area contributed by atoms with Crippen molar-refractivity contribution in [3.63, 3.8) is 0 Å². The Morgan fingerprint density at radius 1 is 0.968 bits per heavy atom. The van der Waals surface area contributed by atoms with Crippen LogP contribution in [0.15, 0.2) is 77.3 Å². The zero-order valence-corrected chi connectivity index (χ0v) is 17.6. The second-order valence-corrected chi connectivity index (χ2v) is 8.50. The molecular weight excluding hydrogens is 382 g/mol. The van der Waals surface area contributed by atoms with Gasteiger partial charge < -0.3 is 14.3 Å². The predicted octanol–water partition coefficient (Wildman–Crippen LogP) is 6.44. The minimum absolute atomic E-state index is 0.333. The molecule has 0 saturated carbocycles. The maximum Gasteiger partial charge on any atom is 0.295 e. The SMILES string of the molecule is CCCn1ccc2cc(-c3ccc4oc(NC5Cc6ccccc6C5)nc4c3)ccc21. The maximum absolute atomic E-state index is 5.99. The van der Waals surface area contributed by atoms with Gasteiger partial charge in [0.05, 0.1) is 0 Å². The van der Waals surface area contributed by atoms with E-state index < -0.39 is 0 Å². The van der Waals surface area contributed by atoms with Crippen molar-refractivity contribution >= 4 is 28.0 Å². The van der Waals surface area contributed by atoms with Gasteiger partial charge >= 0.3 is 0 Å². The highest BCUT2D eigenvalue weighted by Crippen LogP contribution is 2.30. The van der Waals surface area contributed by atoms with E-state index in [1.54, 1.807) is 0 Å². The first-order valence-corrected chi connectivity index (χ1v) is 11.1. The Labute approximate surface area is 181 Å². The summed E-state index contributed by atoms with van der Waals surface area (Å²) in [7, 11) is 0. The van der Waals surface area contributed by atoms with Crippen molar-refractivity contribution in [2.45, 2.75) is 38.8 Å². The molecular formula is C27H25N3O. The average molecular weight is 408 g/mol. The van der Waals surface area contributed by atoms with Gasteiger partial charge in [0, 0.05) is 29.7 Å². The minimum Gasteiger partial charge on any atom is -0.424 e. The molecule has 0 bridgehead atoms. The summed E-state index contributed by atoms with van der Waals surface area (Å²) >= 11 is 0. The molecule has 3 aromatic carbocycles. The van der Waals surface area contributed by atoms with E-state index in [4.69, 9.17) is 9.40 Å². The molecule has 0 fully saturated rings. The van der Waals surface area contributed by atoms with Crippen LogP contribution in [0.5, 0.6) is 0 Å². The first-order valence-electron chi connectivity index (χ1n) is 11.1. The van der Waals surface area contributed by atoms with Gasteiger partial charge in [0.1, 0.15) is 5.52 Å². The molecule has 4 heteroatoms. The molecule has 2 heterocycles. The standard InChI is InChI=1S/C27H25N3O/c1-2-12-30-13-11-22-14-20(7-9-25(22)30)21-8-10-26-24(17-21)29-27(31-26)28-23-15-18-5-3-4-6-19(18)16-23/h3-11,13-14,17,23H,2,12,15-16H2,1H3,(H,28,29). The fraction of sp³-hybridized carbons (Fsp3) is 0.222. The maximum atomic E-state index is 5.99. The number of hydrogen-bond acceptors (Lipinski definition) is 3. The van der Waals surface area contributed by atoms with Gasteiger partial charge in [0.25, 0.3) is 6.01 Å². The quantitative estimate of drug-likeness (QED) is 0.365. The lowest BCUT2D eigenvalue weighted by atomic mass is 10.0. The Morgan fingerprint density at radius 2 is 1.74 bits per heavy atom. The molecule has 4 nitrogen and oxygen atoms in total. The Bertz CT molecular complexity index is 1370. The third-order valence-electron chi connectivity index (χ3n) is 6.34. The summed E-state index contributed by atoms with van der Waals surface area (Å²) in [6, 6.07) is 24.7. The number of hydrogen-bond donors (Lipinski definition) is 1. The summed E-state index contributed by atoms with van der Waals surface area (Å²) in [6.07, 6.45) is 5.34. The van der Waals surface area contributed by atoms with Crippen molar-refractivity contribution in [2.75, 3.05) is 5.32 Å². The van der Waals surface area contributed by atoms with Crippen LogP contribution < -0.4 is 5.32 Å². The fourth-order valence-corrected chi connectivity index (χ4v) is 4.82. The highest BCUT2D eigenvalue weighted by atomic mass is 16.4. The van der Waals surface area contributed by atoms with Gasteiger partial charge in [-0.15, -0.1) is 0 Å². The van der Waals surface area contributed by atoms with Crippen molar-refractivity contribution in [2.24, 2.45) is 0 Å². The normalized spacial score (nSPS) is 13.8. The van der Waals surface area contributed by atoms with Crippen LogP contribution in [0.2, 0.25) is 0 Å². The lowest BCUT2D eigenvalue weighted by Crippen LogP contribution is -2.19. The smallest absolute Gasteiger partial charge is 0.295 e. The zero-order chi connectivity index (χ0) is 20.8. The van der Waals surface area contributed by atoms with Crippen LogP contribution in [-0.4, -0.2) is 15.6 Å². The van der Waals surface area contributed by atoms with Gasteiger partial charge in [0.15, 0.2) is 5.58 Å². The molecule has 0 amide bonds. The van der Waals surface area contributed by atoms with Gasteiger partial charge in [-0.3, -0.25) is 0 Å². The van der Waals surface area contributed by atoms with Crippen LogP contribution in [-0.2, 0) is 19.4 Å². The van der Waals surface area contributed by atoms with Crippen LogP contribution in [0.4, 0.5) is 6.01 Å². The summed E-state index contributed by atoms with van der Waals surface area (Å²) in [5.74, 6) is 0. The number of anilines is 1. The van der Waals surface area contributed by atoms with Gasteiger partial charge in [-0.1, -0.05) is 43.3 Å². The number of rotatable bonds is 5. The molecule has 6 rings (SSSR count). The zero-order valence-electron chi connectivity index (χ0n) is 17.6. The summed E-state index contributed by atoms with van der Waals surface area (Å²) < 4.78 is 8.31. The average Bonchev–Trinajstić information content (AvgIpc) is 3.49. The molecule has 0 spiro atoms. The highest BCUT2D eigenvalue weighted by molar-refractivity contribution is 5.88. The summed E-state index contributed by atoms with van der Waals surface area (Å²) in [5.41, 5.74) is 8.19. The van der Waals surface area contributed by atoms with Gasteiger partial charge in [-0.25, -0.2) is 0 Å². The molecule has 2 aromatic heterocycles. The largest absolute Gasteiger partial charge is 0.424 e. The second-order valence-electron chi connectivity index (χ2n) is 8.50. The molecule has 0 aliphatic heterocycles. The number of aromatic nitrogens is 2. The van der Waals surface area contributed by atoms with Gasteiger partial charge in [-0.05, 0) is 71.8 Å². The molecule has 31 heavy (non-hydrogen) atoms. The predicted molar refractivity (Wildman–Crippen MR) is 126 cm³/mol. The number of aryl methyl sites for hydroxylation is 1. The lowest BCUT2D eigenvalue weighted by Gasteiger charge is -2.08. The molecule has 5 aromatic rings. The lowest BCUT2D eigenvalue weighted by molar-refractivity contribution is 0.596. The monoisotopic (exact) mass is 407 g/mol. The Balaban J connectivity index is 1.26. The minimum atomic E-state index is 0.333. The Hall–Kier alpha value is -3.53. The van der Waals surface area contributed by atoms with E-state index in [2.05, 4.69) is 83.7 Å². The van der Waals surface area contributed by atoms with Crippen molar-refractivity contribution in [1.29, 1.82) is 0 Å². The van der Waals surface area contributed by atoms with E-state index in [1.165, 1.54) is 27.6 Å². The van der Waals surface area contributed by atoms with Crippen LogP contribution in [0.1, 0.15) is 24.5 Å². The molecule has 1 aliphatic carbocycles. The van der Waals surface area contributed by atoms with E-state index in [1.807, 2.05) is 6.07 Å². The molecule has 1 N–H and O–H groups in total. The van der Waals surface area contributed by atoms with Crippen LogP contribution in [0.25, 0.3) is 33.1 Å². The van der Waals surface area contributed by atoms with Crippen LogP contribution >= 0.6 is 0 Å². The van der Waals surface area contributed by atoms with Crippen molar-refractivity contribution < 1.29 is 4.42 Å². The second kappa shape index (κ2) is 7.31. The van der Waals surface area contributed by atoms with Gasteiger partial charge in [-0.2, -0.15) is 4.98 Å². The van der Waals surface area contributed by atoms with E-state index in [-0.39, 0.29) is 0 Å². The van der Waals surface area contributed by atoms with Crippen molar-refractivity contribution in [3.8, 4) is 11.1 Å². The third kappa shape index (κ3) is 3.28. The molecule has 1 aliphatic rings. The van der Waals surface area contributed by atoms with E-state index in [0.717, 1.165) is 42.5 Å². The molecule has 0 unspecified atom stereocenters. The molecule has 0 atom stereocenters. The number of nitrogens with one attached hydrogen (secondary N) is 1. The van der Waals surface area contributed by atoms with Gasteiger partial charge in [0.2, 0.25) is 0 Å². The number of nitrogens with zero attached hydrogens (tertiary/aromatic N) is 2. The third-order valence-corrected chi connectivity index (χ3v) is 6.34. The van der Waals surface area contributed by atoms with Crippen LogP contribution in [0, 0.1) is 0 Å². The number of fused-ring (bicyclic) bond motifs is 3. The summed E-state index contributed by atoms with van der Waals surface area (Å²) in [5, 5.41) is 4.77. The van der Waals surface area contributed by atoms with Crippen LogP contribution in [0.3, 0.4) is 0 Å². The van der Waals surface area contributed by atoms with E-state index >= 15 is 0 Å². The Kier molecular flexibility index (Phi) is 4.30. The first kappa shape index (κ1) is 18.3. The molecule has 154 valence electrons. The highest BCUT2D eigenvalue weighted by Gasteiger charge is 2.22. The van der Waals surface area contributed by atoms with E-state index in [9.17, 15) is 0 Å². The Morgan fingerprint density at radius 3 is 2.55 bits per heavy atom. The first-order chi connectivity index (χ1) is 15.3. The number of benzene rings is 3. The van der Waals surface area contributed by atoms with Crippen molar-refractivity contribution in [1.82, 2.24) is 9.55 Å². The molecule has 0 radical (unpaired) electrons. The van der Waals surface area contributed by atoms with Crippen molar-refractivity contribution in [3.05, 3.63) is 84.1 Å². The molecule has 0 saturated heterocycles. The summed E-state index contributed by atoms with van der Waals surface area (Å²) in [4.78, 5) is 4.73. The topological polar surface area (TPSA) is 43.0 Å².